The maximum atomic E-state index is 10.5. The maximum Gasteiger partial charge on any atom is 0.328 e. The quantitative estimate of drug-likeness (QED) is 0.727. The lowest BCUT2D eigenvalue weighted by molar-refractivity contribution is -0.136. The number of carbonyl (C=O) groups is 2. The smallest absolute Gasteiger partial charge is 0.328 e. The molecular weight excluding hydrogens is 368 g/mol. The molecule has 2 aromatic carbocycles. The zero-order valence-electron chi connectivity index (χ0n) is 15.4. The number of hydrogen-bond acceptors (Lipinski definition) is 6. The number of carboxylic acids is 2. The minimum atomic E-state index is -0.970. The van der Waals surface area contributed by atoms with Crippen LogP contribution in [0.1, 0.15) is 11.1 Å². The Labute approximate surface area is 161 Å². The van der Waals surface area contributed by atoms with Gasteiger partial charge in [-0.25, -0.2) is 4.79 Å². The SMILES string of the molecule is COc1ccc(CC(=O)O)cc1OC.O=C(O)C=Cc1ccc2c(c1)OCO2. The van der Waals surface area contributed by atoms with Crippen LogP contribution in [-0.2, 0) is 16.0 Å². The number of ether oxygens (including phenoxy) is 4. The predicted octanol–water partition coefficient (Wildman–Crippen LogP) is 2.84. The fourth-order valence-corrected chi connectivity index (χ4v) is 2.35. The molecule has 1 aliphatic heterocycles. The van der Waals surface area contributed by atoms with Crippen molar-refractivity contribution >= 4 is 18.0 Å². The Hall–Kier alpha value is -3.68. The molecule has 0 saturated carbocycles. The molecule has 0 aliphatic carbocycles. The van der Waals surface area contributed by atoms with Gasteiger partial charge in [0.25, 0.3) is 0 Å². The minimum absolute atomic E-state index is 0.0135. The number of carboxylic acid groups (broad SMARTS) is 2. The first-order valence-corrected chi connectivity index (χ1v) is 8.16. The third kappa shape index (κ3) is 5.94. The second kappa shape index (κ2) is 9.86. The van der Waals surface area contributed by atoms with Gasteiger partial charge in [-0.1, -0.05) is 12.1 Å². The molecule has 148 valence electrons. The first-order chi connectivity index (χ1) is 13.4. The molecule has 2 aromatic rings. The fourth-order valence-electron chi connectivity index (χ4n) is 2.35. The van der Waals surface area contributed by atoms with Gasteiger partial charge in [-0.05, 0) is 41.5 Å². The van der Waals surface area contributed by atoms with Crippen LogP contribution in [0.5, 0.6) is 23.0 Å². The van der Waals surface area contributed by atoms with Gasteiger partial charge in [0, 0.05) is 6.08 Å². The van der Waals surface area contributed by atoms with Crippen LogP contribution >= 0.6 is 0 Å². The molecule has 0 unspecified atom stereocenters. The summed E-state index contributed by atoms with van der Waals surface area (Å²) in [7, 11) is 3.05. The Morgan fingerprint density at radius 2 is 1.71 bits per heavy atom. The van der Waals surface area contributed by atoms with Crippen LogP contribution in [0.15, 0.2) is 42.5 Å². The van der Waals surface area contributed by atoms with Gasteiger partial charge in [0.1, 0.15) is 0 Å². The van der Waals surface area contributed by atoms with Crippen molar-refractivity contribution in [1.82, 2.24) is 0 Å². The first kappa shape index (κ1) is 20.6. The number of fused-ring (bicyclic) bond motifs is 1. The predicted molar refractivity (Wildman–Crippen MR) is 100 cm³/mol. The van der Waals surface area contributed by atoms with Crippen LogP contribution < -0.4 is 18.9 Å². The molecule has 1 aliphatic rings. The maximum absolute atomic E-state index is 10.5. The highest BCUT2D eigenvalue weighted by molar-refractivity contribution is 5.85. The van der Waals surface area contributed by atoms with Gasteiger partial charge in [-0.15, -0.1) is 0 Å². The fraction of sp³-hybridized carbons (Fsp3) is 0.200. The van der Waals surface area contributed by atoms with E-state index in [1.807, 2.05) is 0 Å². The standard InChI is InChI=1S/C10H8O4.C10H12O4/c11-10(12)4-2-7-1-3-8-9(5-7)14-6-13-8;1-13-8-4-3-7(6-10(11)12)5-9(8)14-2/h1-5H,6H2,(H,11,12);3-5H,6H2,1-2H3,(H,11,12). The van der Waals surface area contributed by atoms with E-state index in [0.29, 0.717) is 28.6 Å². The van der Waals surface area contributed by atoms with Crippen molar-refractivity contribution in [3.8, 4) is 23.0 Å². The summed E-state index contributed by atoms with van der Waals surface area (Å²) in [4.78, 5) is 20.7. The molecule has 0 bridgehead atoms. The summed E-state index contributed by atoms with van der Waals surface area (Å²) in [6, 6.07) is 10.3. The van der Waals surface area contributed by atoms with Crippen molar-refractivity contribution in [3.63, 3.8) is 0 Å². The van der Waals surface area contributed by atoms with Gasteiger partial charge in [-0.2, -0.15) is 0 Å². The molecule has 3 rings (SSSR count). The molecule has 0 fully saturated rings. The molecule has 0 radical (unpaired) electrons. The number of benzene rings is 2. The number of rotatable bonds is 6. The highest BCUT2D eigenvalue weighted by atomic mass is 16.7. The van der Waals surface area contributed by atoms with Crippen LogP contribution in [0, 0.1) is 0 Å². The molecular formula is C20H20O8. The van der Waals surface area contributed by atoms with Gasteiger partial charge in [0.2, 0.25) is 6.79 Å². The van der Waals surface area contributed by atoms with Gasteiger partial charge in [-0.3, -0.25) is 4.79 Å². The molecule has 28 heavy (non-hydrogen) atoms. The van der Waals surface area contributed by atoms with Gasteiger partial charge >= 0.3 is 11.9 Å². The zero-order valence-corrected chi connectivity index (χ0v) is 15.4. The van der Waals surface area contributed by atoms with Crippen LogP contribution in [0.3, 0.4) is 0 Å². The third-order valence-corrected chi connectivity index (χ3v) is 3.62. The van der Waals surface area contributed by atoms with Crippen LogP contribution in [0.25, 0.3) is 6.08 Å². The van der Waals surface area contributed by atoms with Crippen molar-refractivity contribution in [2.45, 2.75) is 6.42 Å². The van der Waals surface area contributed by atoms with E-state index in [-0.39, 0.29) is 13.2 Å². The summed E-state index contributed by atoms with van der Waals surface area (Å²) in [5.41, 5.74) is 1.46. The molecule has 0 aromatic heterocycles. The van der Waals surface area contributed by atoms with E-state index in [1.54, 1.807) is 36.4 Å². The lowest BCUT2D eigenvalue weighted by Gasteiger charge is -2.08. The van der Waals surface area contributed by atoms with E-state index in [9.17, 15) is 9.59 Å². The summed E-state index contributed by atoms with van der Waals surface area (Å²) >= 11 is 0. The van der Waals surface area contributed by atoms with Crippen LogP contribution in [0.4, 0.5) is 0 Å². The molecule has 0 amide bonds. The highest BCUT2D eigenvalue weighted by Gasteiger charge is 2.12. The average molecular weight is 388 g/mol. The van der Waals surface area contributed by atoms with E-state index in [4.69, 9.17) is 29.2 Å². The second-order valence-corrected chi connectivity index (χ2v) is 5.54. The van der Waals surface area contributed by atoms with Crippen LogP contribution in [-0.4, -0.2) is 43.2 Å². The Morgan fingerprint density at radius 1 is 1.00 bits per heavy atom. The van der Waals surface area contributed by atoms with Crippen molar-refractivity contribution in [2.24, 2.45) is 0 Å². The highest BCUT2D eigenvalue weighted by Crippen LogP contribution is 2.32. The molecule has 8 heteroatoms. The lowest BCUT2D eigenvalue weighted by Crippen LogP contribution is -2.00. The summed E-state index contributed by atoms with van der Waals surface area (Å²) < 4.78 is 20.3. The van der Waals surface area contributed by atoms with E-state index in [2.05, 4.69) is 0 Å². The number of aliphatic carboxylic acids is 2. The Balaban J connectivity index is 0.000000200. The van der Waals surface area contributed by atoms with E-state index in [1.165, 1.54) is 20.3 Å². The molecule has 8 nitrogen and oxygen atoms in total. The second-order valence-electron chi connectivity index (χ2n) is 5.54. The minimum Gasteiger partial charge on any atom is -0.493 e. The molecule has 1 heterocycles. The third-order valence-electron chi connectivity index (χ3n) is 3.62. The molecule has 0 atom stereocenters. The van der Waals surface area contributed by atoms with Crippen molar-refractivity contribution in [1.29, 1.82) is 0 Å². The average Bonchev–Trinajstić information content (AvgIpc) is 3.14. The van der Waals surface area contributed by atoms with Crippen molar-refractivity contribution in [3.05, 3.63) is 53.6 Å². The normalized spacial score (nSPS) is 11.5. The van der Waals surface area contributed by atoms with Crippen LogP contribution in [0.2, 0.25) is 0 Å². The number of methoxy groups -OCH3 is 2. The topological polar surface area (TPSA) is 112 Å². The monoisotopic (exact) mass is 388 g/mol. The number of hydrogen-bond donors (Lipinski definition) is 2. The van der Waals surface area contributed by atoms with E-state index < -0.39 is 11.9 Å². The first-order valence-electron chi connectivity index (χ1n) is 8.16. The lowest BCUT2D eigenvalue weighted by atomic mass is 10.1. The van der Waals surface area contributed by atoms with Gasteiger partial charge in [0.15, 0.2) is 23.0 Å². The zero-order chi connectivity index (χ0) is 20.5. The van der Waals surface area contributed by atoms with E-state index >= 15 is 0 Å². The van der Waals surface area contributed by atoms with Crippen molar-refractivity contribution in [2.75, 3.05) is 21.0 Å². The van der Waals surface area contributed by atoms with E-state index in [0.717, 1.165) is 11.6 Å². The summed E-state index contributed by atoms with van der Waals surface area (Å²) in [6.07, 6.45) is 2.57. The summed E-state index contributed by atoms with van der Waals surface area (Å²) in [5, 5.41) is 17.0. The Kier molecular flexibility index (Phi) is 7.27. The molecule has 2 N–H and O–H groups in total. The van der Waals surface area contributed by atoms with Gasteiger partial charge in [0.05, 0.1) is 20.6 Å². The van der Waals surface area contributed by atoms with Crippen molar-refractivity contribution < 1.29 is 38.7 Å². The Morgan fingerprint density at radius 3 is 2.36 bits per heavy atom. The molecule has 0 saturated heterocycles. The Bertz CT molecular complexity index is 873. The molecule has 0 spiro atoms. The van der Waals surface area contributed by atoms with Gasteiger partial charge < -0.3 is 29.2 Å². The summed E-state index contributed by atoms with van der Waals surface area (Å²) in [5.74, 6) is 0.655. The summed E-state index contributed by atoms with van der Waals surface area (Å²) in [6.45, 7) is 0.224. The largest absolute Gasteiger partial charge is 0.493 e.